The van der Waals surface area contributed by atoms with Crippen molar-refractivity contribution in [3.8, 4) is 5.75 Å². The Labute approximate surface area is 162 Å². The molecule has 0 saturated carbocycles. The van der Waals surface area contributed by atoms with Crippen molar-refractivity contribution in [2.75, 3.05) is 38.7 Å². The van der Waals surface area contributed by atoms with Gasteiger partial charge in [0.25, 0.3) is 0 Å². The minimum Gasteiger partial charge on any atom is -0.495 e. The van der Waals surface area contributed by atoms with E-state index in [0.717, 1.165) is 57.1 Å². The van der Waals surface area contributed by atoms with Crippen LogP contribution < -0.4 is 20.7 Å². The first kappa shape index (κ1) is 22.8. The van der Waals surface area contributed by atoms with Crippen molar-refractivity contribution in [3.63, 3.8) is 0 Å². The number of unbranched alkanes of at least 4 members (excludes halogenated alkanes) is 1. The Morgan fingerprint density at radius 2 is 1.93 bits per heavy atom. The second-order valence-electron chi connectivity index (χ2n) is 6.16. The van der Waals surface area contributed by atoms with E-state index in [1.165, 1.54) is 6.92 Å². The van der Waals surface area contributed by atoms with Crippen LogP contribution in [0.15, 0.2) is 23.2 Å². The fraction of sp³-hybridized carbons (Fsp3) is 0.600. The average Bonchev–Trinajstić information content (AvgIpc) is 2.65. The van der Waals surface area contributed by atoms with Crippen LogP contribution in [0.3, 0.4) is 0 Å². The third-order valence-corrected chi connectivity index (χ3v) is 3.74. The molecule has 0 radical (unpaired) electrons. The molecular weight excluding hydrogens is 344 g/mol. The molecule has 7 heteroatoms. The molecule has 0 saturated heterocycles. The molecule has 0 spiro atoms. The lowest BCUT2D eigenvalue weighted by Crippen LogP contribution is -2.38. The standard InChI is InChI=1S/C20H34N4O3/c1-5-7-12-27-13-8-11-22-20(21-6-2)23-15-17-9-10-19(26-4)18(14-17)24-16(3)25/h9-10,14H,5-8,11-13,15H2,1-4H3,(H,24,25)(H2,21,22,23). The Morgan fingerprint density at radius 3 is 2.59 bits per heavy atom. The van der Waals surface area contributed by atoms with Gasteiger partial charge in [-0.1, -0.05) is 19.4 Å². The maximum absolute atomic E-state index is 11.3. The van der Waals surface area contributed by atoms with Gasteiger partial charge in [0.2, 0.25) is 5.91 Å². The van der Waals surface area contributed by atoms with E-state index in [4.69, 9.17) is 9.47 Å². The normalized spacial score (nSPS) is 11.2. The molecule has 1 amide bonds. The van der Waals surface area contributed by atoms with Crippen LogP contribution in [-0.2, 0) is 16.1 Å². The molecule has 152 valence electrons. The van der Waals surface area contributed by atoms with E-state index in [1.54, 1.807) is 7.11 Å². The van der Waals surface area contributed by atoms with E-state index in [-0.39, 0.29) is 5.91 Å². The number of ether oxygens (including phenoxy) is 2. The fourth-order valence-corrected chi connectivity index (χ4v) is 2.38. The molecule has 7 nitrogen and oxygen atoms in total. The smallest absolute Gasteiger partial charge is 0.221 e. The number of guanidine groups is 1. The van der Waals surface area contributed by atoms with Gasteiger partial charge in [0.05, 0.1) is 19.3 Å². The Morgan fingerprint density at radius 1 is 1.15 bits per heavy atom. The number of aliphatic imine (C=N–C) groups is 1. The van der Waals surface area contributed by atoms with E-state index >= 15 is 0 Å². The number of methoxy groups -OCH3 is 1. The molecule has 3 N–H and O–H groups in total. The van der Waals surface area contributed by atoms with Crippen molar-refractivity contribution in [3.05, 3.63) is 23.8 Å². The molecule has 0 aliphatic carbocycles. The molecule has 27 heavy (non-hydrogen) atoms. The monoisotopic (exact) mass is 378 g/mol. The summed E-state index contributed by atoms with van der Waals surface area (Å²) in [6.45, 7) is 9.35. The fourth-order valence-electron chi connectivity index (χ4n) is 2.38. The first-order chi connectivity index (χ1) is 13.1. The van der Waals surface area contributed by atoms with E-state index in [2.05, 4.69) is 27.9 Å². The first-order valence-corrected chi connectivity index (χ1v) is 9.65. The highest BCUT2D eigenvalue weighted by Crippen LogP contribution is 2.25. The van der Waals surface area contributed by atoms with Crippen LogP contribution in [0.25, 0.3) is 0 Å². The second-order valence-corrected chi connectivity index (χ2v) is 6.16. The van der Waals surface area contributed by atoms with Crippen molar-refractivity contribution >= 4 is 17.6 Å². The van der Waals surface area contributed by atoms with Crippen molar-refractivity contribution in [1.82, 2.24) is 10.6 Å². The second kappa shape index (κ2) is 13.9. The highest BCUT2D eigenvalue weighted by molar-refractivity contribution is 5.90. The summed E-state index contributed by atoms with van der Waals surface area (Å²) in [6.07, 6.45) is 3.20. The van der Waals surface area contributed by atoms with Crippen LogP contribution in [0, 0.1) is 0 Å². The lowest BCUT2D eigenvalue weighted by molar-refractivity contribution is -0.114. The summed E-state index contributed by atoms with van der Waals surface area (Å²) < 4.78 is 10.8. The van der Waals surface area contributed by atoms with Gasteiger partial charge in [-0.25, -0.2) is 4.99 Å². The predicted molar refractivity (Wildman–Crippen MR) is 110 cm³/mol. The number of carbonyl (C=O) groups excluding carboxylic acids is 1. The minimum absolute atomic E-state index is 0.134. The van der Waals surface area contributed by atoms with E-state index in [1.807, 2.05) is 25.1 Å². The number of nitrogens with zero attached hydrogens (tertiary/aromatic N) is 1. The van der Waals surface area contributed by atoms with Gasteiger partial charge in [0.1, 0.15) is 5.75 Å². The zero-order chi connectivity index (χ0) is 19.9. The van der Waals surface area contributed by atoms with Crippen molar-refractivity contribution < 1.29 is 14.3 Å². The summed E-state index contributed by atoms with van der Waals surface area (Å²) in [6, 6.07) is 5.66. The Hall–Kier alpha value is -2.28. The molecular formula is C20H34N4O3. The van der Waals surface area contributed by atoms with Crippen molar-refractivity contribution in [1.29, 1.82) is 0 Å². The Bertz CT molecular complexity index is 591. The van der Waals surface area contributed by atoms with Gasteiger partial charge in [-0.15, -0.1) is 0 Å². The van der Waals surface area contributed by atoms with Crippen molar-refractivity contribution in [2.45, 2.75) is 46.6 Å². The molecule has 0 atom stereocenters. The Kier molecular flexibility index (Phi) is 11.7. The summed E-state index contributed by atoms with van der Waals surface area (Å²) in [7, 11) is 1.58. The molecule has 0 aromatic heterocycles. The molecule has 0 unspecified atom stereocenters. The largest absolute Gasteiger partial charge is 0.495 e. The third-order valence-electron chi connectivity index (χ3n) is 3.74. The predicted octanol–water partition coefficient (Wildman–Crippen LogP) is 2.92. The molecule has 1 rings (SSSR count). The maximum Gasteiger partial charge on any atom is 0.221 e. The number of benzene rings is 1. The molecule has 0 fully saturated rings. The van der Waals surface area contributed by atoms with Gasteiger partial charge >= 0.3 is 0 Å². The number of nitrogens with one attached hydrogen (secondary N) is 3. The SMILES string of the molecule is CCCCOCCCNC(=NCc1ccc(OC)c(NC(C)=O)c1)NCC. The summed E-state index contributed by atoms with van der Waals surface area (Å²) >= 11 is 0. The van der Waals surface area contributed by atoms with Gasteiger partial charge < -0.3 is 25.4 Å². The zero-order valence-electron chi connectivity index (χ0n) is 17.1. The number of hydrogen-bond acceptors (Lipinski definition) is 4. The maximum atomic E-state index is 11.3. The summed E-state index contributed by atoms with van der Waals surface area (Å²) in [5.74, 6) is 1.26. The number of hydrogen-bond donors (Lipinski definition) is 3. The lowest BCUT2D eigenvalue weighted by Gasteiger charge is -2.13. The van der Waals surface area contributed by atoms with Crippen LogP contribution in [0.2, 0.25) is 0 Å². The topological polar surface area (TPSA) is 84.0 Å². The zero-order valence-corrected chi connectivity index (χ0v) is 17.1. The van der Waals surface area contributed by atoms with Crippen LogP contribution in [0.1, 0.15) is 45.6 Å². The van der Waals surface area contributed by atoms with Crippen LogP contribution >= 0.6 is 0 Å². The average molecular weight is 379 g/mol. The quantitative estimate of drug-likeness (QED) is 0.296. The van der Waals surface area contributed by atoms with Crippen molar-refractivity contribution in [2.24, 2.45) is 4.99 Å². The van der Waals surface area contributed by atoms with Crippen LogP contribution in [0.5, 0.6) is 5.75 Å². The molecule has 0 aliphatic rings. The molecule has 0 aliphatic heterocycles. The number of anilines is 1. The number of rotatable bonds is 12. The molecule has 1 aromatic rings. The van der Waals surface area contributed by atoms with Crippen LogP contribution in [-0.4, -0.2) is 45.3 Å². The summed E-state index contributed by atoms with van der Waals surface area (Å²) in [5, 5.41) is 9.34. The van der Waals surface area contributed by atoms with E-state index in [9.17, 15) is 4.79 Å². The first-order valence-electron chi connectivity index (χ1n) is 9.65. The Balaban J connectivity index is 2.57. The van der Waals surface area contributed by atoms with Gasteiger partial charge in [-0.3, -0.25) is 4.79 Å². The van der Waals surface area contributed by atoms with Crippen LogP contribution in [0.4, 0.5) is 5.69 Å². The van der Waals surface area contributed by atoms with Gasteiger partial charge in [-0.2, -0.15) is 0 Å². The summed E-state index contributed by atoms with van der Waals surface area (Å²) in [4.78, 5) is 16.0. The van der Waals surface area contributed by atoms with E-state index in [0.29, 0.717) is 18.0 Å². The molecule has 1 aromatic carbocycles. The summed E-state index contributed by atoms with van der Waals surface area (Å²) in [5.41, 5.74) is 1.64. The minimum atomic E-state index is -0.134. The van der Waals surface area contributed by atoms with E-state index < -0.39 is 0 Å². The van der Waals surface area contributed by atoms with Gasteiger partial charge in [-0.05, 0) is 37.5 Å². The highest BCUT2D eigenvalue weighted by Gasteiger charge is 2.06. The van der Waals surface area contributed by atoms with Gasteiger partial charge in [0.15, 0.2) is 5.96 Å². The molecule has 0 bridgehead atoms. The number of amides is 1. The highest BCUT2D eigenvalue weighted by atomic mass is 16.5. The molecule has 0 heterocycles. The third kappa shape index (κ3) is 9.84. The number of carbonyl (C=O) groups is 1. The lowest BCUT2D eigenvalue weighted by atomic mass is 10.2. The van der Waals surface area contributed by atoms with Gasteiger partial charge in [0, 0.05) is 33.2 Å².